The molecule has 2 bridgehead atoms. The number of benzene rings is 1. The number of carbonyl (C=O) groups is 1. The number of carbonyl (C=O) groups excluding carboxylic acids is 1. The average Bonchev–Trinajstić information content (AvgIpc) is 3.04. The molecule has 0 aromatic heterocycles. The van der Waals surface area contributed by atoms with Gasteiger partial charge in [-0.05, 0) is 62.4 Å². The first-order chi connectivity index (χ1) is 12.3. The third-order valence-corrected chi connectivity index (χ3v) is 7.28. The van der Waals surface area contributed by atoms with E-state index in [1.807, 2.05) is 0 Å². The molecule has 134 valence electrons. The molecule has 4 nitrogen and oxygen atoms in total. The maximum atomic E-state index is 13.1. The first kappa shape index (κ1) is 15.7. The van der Waals surface area contributed by atoms with Gasteiger partial charge in [-0.3, -0.25) is 9.69 Å². The van der Waals surface area contributed by atoms with Crippen LogP contribution in [0.2, 0.25) is 0 Å². The lowest BCUT2D eigenvalue weighted by Crippen LogP contribution is -2.61. The predicted octanol–water partition coefficient (Wildman–Crippen LogP) is 2.88. The van der Waals surface area contributed by atoms with Gasteiger partial charge in [0, 0.05) is 24.4 Å². The molecule has 0 unspecified atom stereocenters. The van der Waals surface area contributed by atoms with E-state index in [0.717, 1.165) is 25.1 Å². The SMILES string of the molecule is COc1ccc([C@@H]2CN(C(=O)C3CCC3)[C@@H]3C4CCN(CC4)[C@@H]32)cc1. The average molecular weight is 340 g/mol. The molecule has 3 atom stereocenters. The summed E-state index contributed by atoms with van der Waals surface area (Å²) < 4.78 is 5.33. The van der Waals surface area contributed by atoms with Gasteiger partial charge in [-0.25, -0.2) is 0 Å². The molecule has 0 N–H and O–H groups in total. The lowest BCUT2D eigenvalue weighted by atomic mass is 9.75. The van der Waals surface area contributed by atoms with Gasteiger partial charge in [0.25, 0.3) is 0 Å². The van der Waals surface area contributed by atoms with Gasteiger partial charge in [0.1, 0.15) is 5.75 Å². The van der Waals surface area contributed by atoms with Crippen LogP contribution in [0.15, 0.2) is 24.3 Å². The molecule has 4 aliphatic heterocycles. The van der Waals surface area contributed by atoms with Crippen LogP contribution in [0, 0.1) is 11.8 Å². The number of amides is 1. The minimum absolute atomic E-state index is 0.311. The fourth-order valence-corrected chi connectivity index (χ4v) is 5.71. The molecule has 1 amide bonds. The van der Waals surface area contributed by atoms with Gasteiger partial charge in [0.2, 0.25) is 5.91 Å². The Kier molecular flexibility index (Phi) is 3.77. The Labute approximate surface area is 150 Å². The fourth-order valence-electron chi connectivity index (χ4n) is 5.71. The van der Waals surface area contributed by atoms with Gasteiger partial charge in [-0.2, -0.15) is 0 Å². The zero-order valence-corrected chi connectivity index (χ0v) is 15.1. The number of ether oxygens (including phenoxy) is 1. The van der Waals surface area contributed by atoms with Crippen molar-refractivity contribution in [1.82, 2.24) is 9.80 Å². The normalized spacial score (nSPS) is 36.8. The summed E-state index contributed by atoms with van der Waals surface area (Å²) in [5.74, 6) is 2.83. The molecule has 1 saturated carbocycles. The molecular formula is C21H28N2O2. The van der Waals surface area contributed by atoms with E-state index in [2.05, 4.69) is 34.1 Å². The number of rotatable bonds is 3. The van der Waals surface area contributed by atoms with Crippen molar-refractivity contribution < 1.29 is 9.53 Å². The highest BCUT2D eigenvalue weighted by molar-refractivity contribution is 5.80. The minimum Gasteiger partial charge on any atom is -0.497 e. The molecule has 4 heterocycles. The van der Waals surface area contributed by atoms with Crippen LogP contribution in [-0.2, 0) is 4.79 Å². The number of hydrogen-bond acceptors (Lipinski definition) is 3. The second-order valence-corrected chi connectivity index (χ2v) is 8.35. The number of fused-ring (bicyclic) bond motifs is 2. The number of nitrogens with zero attached hydrogens (tertiary/aromatic N) is 2. The van der Waals surface area contributed by atoms with Crippen LogP contribution in [0.1, 0.15) is 43.6 Å². The summed E-state index contributed by atoms with van der Waals surface area (Å²) in [5.41, 5.74) is 1.37. The molecule has 1 aromatic carbocycles. The highest BCUT2D eigenvalue weighted by atomic mass is 16.5. The lowest BCUT2D eigenvalue weighted by Gasteiger charge is -2.51. The standard InChI is InChI=1S/C21H28N2O2/c1-25-17-7-5-14(6-8-17)18-13-23(21(24)16-3-2-4-16)19-15-9-11-22(12-10-15)20(18)19/h5-8,15-16,18-20H,2-4,9-13H2,1H3/t18-,19+,20+/m0/s1. The molecular weight excluding hydrogens is 312 g/mol. The van der Waals surface area contributed by atoms with Crippen LogP contribution in [0.4, 0.5) is 0 Å². The third kappa shape index (κ3) is 2.41. The van der Waals surface area contributed by atoms with Gasteiger partial charge < -0.3 is 9.64 Å². The van der Waals surface area contributed by atoms with E-state index in [1.165, 1.54) is 37.9 Å². The molecule has 0 spiro atoms. The van der Waals surface area contributed by atoms with Gasteiger partial charge in [0.15, 0.2) is 0 Å². The summed E-state index contributed by atoms with van der Waals surface area (Å²) >= 11 is 0. The Bertz CT molecular complexity index is 646. The molecule has 1 aliphatic carbocycles. The van der Waals surface area contributed by atoms with Gasteiger partial charge in [0.05, 0.1) is 13.2 Å². The molecule has 6 rings (SSSR count). The highest BCUT2D eigenvalue weighted by Gasteiger charge is 2.55. The van der Waals surface area contributed by atoms with E-state index in [9.17, 15) is 4.79 Å². The summed E-state index contributed by atoms with van der Waals surface area (Å²) in [6.45, 7) is 3.33. The number of piperidine rings is 3. The Morgan fingerprint density at radius 3 is 2.36 bits per heavy atom. The Morgan fingerprint density at radius 1 is 1.04 bits per heavy atom. The molecule has 25 heavy (non-hydrogen) atoms. The van der Waals surface area contributed by atoms with Crippen LogP contribution in [-0.4, -0.2) is 54.5 Å². The van der Waals surface area contributed by atoms with Crippen molar-refractivity contribution in [3.8, 4) is 5.75 Å². The molecule has 5 fully saturated rings. The minimum atomic E-state index is 0.311. The van der Waals surface area contributed by atoms with Crippen LogP contribution in [0.3, 0.4) is 0 Å². The molecule has 4 heteroatoms. The summed E-state index contributed by atoms with van der Waals surface area (Å²) in [6.07, 6.45) is 5.98. The predicted molar refractivity (Wildman–Crippen MR) is 96.7 cm³/mol. The van der Waals surface area contributed by atoms with Crippen molar-refractivity contribution in [1.29, 1.82) is 0 Å². The summed E-state index contributed by atoms with van der Waals surface area (Å²) in [7, 11) is 1.71. The fraction of sp³-hybridized carbons (Fsp3) is 0.667. The first-order valence-electron chi connectivity index (χ1n) is 9.95. The van der Waals surface area contributed by atoms with Gasteiger partial charge in [-0.1, -0.05) is 18.6 Å². The smallest absolute Gasteiger partial charge is 0.226 e. The number of hydrogen-bond donors (Lipinski definition) is 0. The summed E-state index contributed by atoms with van der Waals surface area (Å²) in [6, 6.07) is 9.52. The quantitative estimate of drug-likeness (QED) is 0.848. The van der Waals surface area contributed by atoms with Crippen molar-refractivity contribution in [2.45, 2.75) is 50.1 Å². The summed E-state index contributed by atoms with van der Waals surface area (Å²) in [4.78, 5) is 18.1. The summed E-state index contributed by atoms with van der Waals surface area (Å²) in [5, 5.41) is 0. The maximum absolute atomic E-state index is 13.1. The Balaban J connectivity index is 1.47. The second kappa shape index (κ2) is 6.01. The second-order valence-electron chi connectivity index (χ2n) is 8.35. The monoisotopic (exact) mass is 340 g/mol. The van der Waals surface area contributed by atoms with E-state index in [1.54, 1.807) is 7.11 Å². The lowest BCUT2D eigenvalue weighted by molar-refractivity contribution is -0.143. The van der Waals surface area contributed by atoms with Crippen LogP contribution >= 0.6 is 0 Å². The number of methoxy groups -OCH3 is 1. The van der Waals surface area contributed by atoms with E-state index < -0.39 is 0 Å². The van der Waals surface area contributed by atoms with Crippen molar-refractivity contribution in [2.24, 2.45) is 11.8 Å². The van der Waals surface area contributed by atoms with Crippen molar-refractivity contribution in [3.63, 3.8) is 0 Å². The maximum Gasteiger partial charge on any atom is 0.226 e. The zero-order valence-electron chi connectivity index (χ0n) is 15.1. The number of likely N-dealkylation sites (tertiary alicyclic amines) is 1. The highest BCUT2D eigenvalue weighted by Crippen LogP contribution is 2.47. The van der Waals surface area contributed by atoms with Crippen molar-refractivity contribution >= 4 is 5.91 Å². The largest absolute Gasteiger partial charge is 0.497 e. The van der Waals surface area contributed by atoms with Crippen LogP contribution in [0.25, 0.3) is 0 Å². The molecule has 1 aromatic rings. The molecule has 0 radical (unpaired) electrons. The van der Waals surface area contributed by atoms with E-state index >= 15 is 0 Å². The van der Waals surface area contributed by atoms with Crippen molar-refractivity contribution in [2.75, 3.05) is 26.7 Å². The molecule has 4 saturated heterocycles. The van der Waals surface area contributed by atoms with Crippen molar-refractivity contribution in [3.05, 3.63) is 29.8 Å². The van der Waals surface area contributed by atoms with Crippen LogP contribution < -0.4 is 4.74 Å². The zero-order chi connectivity index (χ0) is 17.0. The van der Waals surface area contributed by atoms with E-state index in [4.69, 9.17) is 4.74 Å². The topological polar surface area (TPSA) is 32.8 Å². The first-order valence-corrected chi connectivity index (χ1v) is 9.95. The van der Waals surface area contributed by atoms with Crippen LogP contribution in [0.5, 0.6) is 5.75 Å². The Morgan fingerprint density at radius 2 is 1.76 bits per heavy atom. The van der Waals surface area contributed by atoms with Gasteiger partial charge in [-0.15, -0.1) is 0 Å². The van der Waals surface area contributed by atoms with E-state index in [-0.39, 0.29) is 0 Å². The van der Waals surface area contributed by atoms with E-state index in [0.29, 0.717) is 35.7 Å². The molecule has 5 aliphatic rings. The van der Waals surface area contributed by atoms with Gasteiger partial charge >= 0.3 is 0 Å². The third-order valence-electron chi connectivity index (χ3n) is 7.28. The Hall–Kier alpha value is -1.55.